The van der Waals surface area contributed by atoms with Gasteiger partial charge >= 0.3 is 0 Å². The Kier molecular flexibility index (Phi) is 5.63. The predicted octanol–water partition coefficient (Wildman–Crippen LogP) is 3.81. The van der Waals surface area contributed by atoms with Crippen molar-refractivity contribution in [2.45, 2.75) is 32.4 Å². The zero-order chi connectivity index (χ0) is 14.2. The van der Waals surface area contributed by atoms with Crippen molar-refractivity contribution in [3.05, 3.63) is 65.7 Å². The highest BCUT2D eigenvalue weighted by Gasteiger charge is 2.05. The summed E-state index contributed by atoms with van der Waals surface area (Å²) in [5.41, 5.74) is 2.61. The lowest BCUT2D eigenvalue weighted by Gasteiger charge is -2.15. The Labute approximate surface area is 121 Å². The van der Waals surface area contributed by atoms with Crippen LogP contribution in [-0.2, 0) is 13.0 Å². The second kappa shape index (κ2) is 7.71. The summed E-state index contributed by atoms with van der Waals surface area (Å²) in [5, 5.41) is 3.56. The highest BCUT2D eigenvalue weighted by atomic mass is 16.5. The molecule has 2 nitrogen and oxygen atoms in total. The minimum absolute atomic E-state index is 0.486. The average molecular weight is 269 g/mol. The summed E-state index contributed by atoms with van der Waals surface area (Å²) in [7, 11) is 1.72. The van der Waals surface area contributed by atoms with E-state index in [-0.39, 0.29) is 0 Å². The number of methoxy groups -OCH3 is 1. The van der Waals surface area contributed by atoms with Crippen molar-refractivity contribution >= 4 is 0 Å². The van der Waals surface area contributed by atoms with Crippen LogP contribution in [0.5, 0.6) is 5.75 Å². The molecule has 2 rings (SSSR count). The van der Waals surface area contributed by atoms with Crippen LogP contribution in [0.15, 0.2) is 54.6 Å². The summed E-state index contributed by atoms with van der Waals surface area (Å²) in [4.78, 5) is 0. The van der Waals surface area contributed by atoms with Crippen molar-refractivity contribution in [3.8, 4) is 5.75 Å². The molecule has 0 heterocycles. The molecular weight excluding hydrogens is 246 g/mol. The molecular formula is C18H23NO. The van der Waals surface area contributed by atoms with Gasteiger partial charge in [0.2, 0.25) is 0 Å². The van der Waals surface area contributed by atoms with Gasteiger partial charge in [-0.2, -0.15) is 0 Å². The van der Waals surface area contributed by atoms with E-state index in [1.54, 1.807) is 7.11 Å². The standard InChI is InChI=1S/C18H23NO/c1-15(12-13-16-8-4-3-5-9-16)19-14-17-10-6-7-11-18(17)20-2/h3-11,15,19H,12-14H2,1-2H3/t15-/m1/s1. The number of benzene rings is 2. The number of ether oxygens (including phenoxy) is 1. The van der Waals surface area contributed by atoms with E-state index >= 15 is 0 Å². The summed E-state index contributed by atoms with van der Waals surface area (Å²) in [6.45, 7) is 3.08. The maximum Gasteiger partial charge on any atom is 0.123 e. The van der Waals surface area contributed by atoms with Gasteiger partial charge in [-0.15, -0.1) is 0 Å². The summed E-state index contributed by atoms with van der Waals surface area (Å²) in [6.07, 6.45) is 2.25. The van der Waals surface area contributed by atoms with Crippen molar-refractivity contribution in [1.29, 1.82) is 0 Å². The van der Waals surface area contributed by atoms with Crippen LogP contribution in [0.2, 0.25) is 0 Å². The molecule has 0 aromatic heterocycles. The van der Waals surface area contributed by atoms with E-state index in [1.807, 2.05) is 18.2 Å². The fourth-order valence-electron chi connectivity index (χ4n) is 2.26. The first-order chi connectivity index (χ1) is 9.79. The Balaban J connectivity index is 1.79. The van der Waals surface area contributed by atoms with E-state index in [0.717, 1.165) is 25.1 Å². The van der Waals surface area contributed by atoms with Crippen molar-refractivity contribution in [1.82, 2.24) is 5.32 Å². The monoisotopic (exact) mass is 269 g/mol. The molecule has 0 amide bonds. The fraction of sp³-hybridized carbons (Fsp3) is 0.333. The van der Waals surface area contributed by atoms with Gasteiger partial charge in [-0.05, 0) is 31.4 Å². The zero-order valence-electron chi connectivity index (χ0n) is 12.3. The van der Waals surface area contributed by atoms with E-state index in [0.29, 0.717) is 6.04 Å². The third kappa shape index (κ3) is 4.39. The number of nitrogens with one attached hydrogen (secondary N) is 1. The van der Waals surface area contributed by atoms with Crippen LogP contribution in [0.25, 0.3) is 0 Å². The molecule has 0 spiro atoms. The molecule has 1 N–H and O–H groups in total. The van der Waals surface area contributed by atoms with E-state index in [2.05, 4.69) is 48.6 Å². The predicted molar refractivity (Wildman–Crippen MR) is 84.1 cm³/mol. The fourth-order valence-corrected chi connectivity index (χ4v) is 2.26. The van der Waals surface area contributed by atoms with Gasteiger partial charge in [0.15, 0.2) is 0 Å². The van der Waals surface area contributed by atoms with E-state index in [1.165, 1.54) is 11.1 Å². The number of hydrogen-bond donors (Lipinski definition) is 1. The summed E-state index contributed by atoms with van der Waals surface area (Å²) in [5.74, 6) is 0.954. The average Bonchev–Trinajstić information content (AvgIpc) is 2.52. The molecule has 0 aliphatic carbocycles. The minimum Gasteiger partial charge on any atom is -0.496 e. The van der Waals surface area contributed by atoms with Gasteiger partial charge in [0.05, 0.1) is 7.11 Å². The lowest BCUT2D eigenvalue weighted by atomic mass is 10.1. The Morgan fingerprint density at radius 3 is 2.45 bits per heavy atom. The molecule has 0 unspecified atom stereocenters. The molecule has 0 aliphatic heterocycles. The number of para-hydroxylation sites is 1. The minimum atomic E-state index is 0.486. The largest absolute Gasteiger partial charge is 0.496 e. The van der Waals surface area contributed by atoms with E-state index < -0.39 is 0 Å². The zero-order valence-corrected chi connectivity index (χ0v) is 12.3. The number of rotatable bonds is 7. The molecule has 1 atom stereocenters. The molecule has 0 saturated heterocycles. The molecule has 0 radical (unpaired) electrons. The Morgan fingerprint density at radius 2 is 1.70 bits per heavy atom. The van der Waals surface area contributed by atoms with Gasteiger partial charge in [-0.1, -0.05) is 48.5 Å². The van der Waals surface area contributed by atoms with Gasteiger partial charge in [0, 0.05) is 18.2 Å². The first-order valence-electron chi connectivity index (χ1n) is 7.19. The summed E-state index contributed by atoms with van der Waals surface area (Å²) >= 11 is 0. The van der Waals surface area contributed by atoms with Crippen LogP contribution in [0.1, 0.15) is 24.5 Å². The van der Waals surface area contributed by atoms with Crippen LogP contribution in [0, 0.1) is 0 Å². The second-order valence-electron chi connectivity index (χ2n) is 5.12. The molecule has 20 heavy (non-hydrogen) atoms. The molecule has 2 heteroatoms. The highest BCUT2D eigenvalue weighted by molar-refractivity contribution is 5.33. The lowest BCUT2D eigenvalue weighted by molar-refractivity contribution is 0.405. The van der Waals surface area contributed by atoms with Gasteiger partial charge < -0.3 is 10.1 Å². The first kappa shape index (κ1) is 14.6. The topological polar surface area (TPSA) is 21.3 Å². The maximum atomic E-state index is 5.37. The Bertz CT molecular complexity index is 510. The van der Waals surface area contributed by atoms with Gasteiger partial charge in [-0.25, -0.2) is 0 Å². The molecule has 0 bridgehead atoms. The van der Waals surface area contributed by atoms with Crippen LogP contribution in [0.4, 0.5) is 0 Å². The highest BCUT2D eigenvalue weighted by Crippen LogP contribution is 2.17. The third-order valence-corrected chi connectivity index (χ3v) is 3.54. The number of aryl methyl sites for hydroxylation is 1. The Morgan fingerprint density at radius 1 is 1.00 bits per heavy atom. The van der Waals surface area contributed by atoms with E-state index in [9.17, 15) is 0 Å². The van der Waals surface area contributed by atoms with Crippen molar-refractivity contribution in [3.63, 3.8) is 0 Å². The summed E-state index contributed by atoms with van der Waals surface area (Å²) < 4.78 is 5.37. The smallest absolute Gasteiger partial charge is 0.123 e. The molecule has 106 valence electrons. The van der Waals surface area contributed by atoms with Crippen LogP contribution < -0.4 is 10.1 Å². The van der Waals surface area contributed by atoms with Gasteiger partial charge in [0.25, 0.3) is 0 Å². The molecule has 0 fully saturated rings. The molecule has 2 aromatic rings. The number of hydrogen-bond acceptors (Lipinski definition) is 2. The van der Waals surface area contributed by atoms with Crippen molar-refractivity contribution in [2.24, 2.45) is 0 Å². The van der Waals surface area contributed by atoms with Crippen LogP contribution in [0.3, 0.4) is 0 Å². The Hall–Kier alpha value is -1.80. The molecule has 0 saturated carbocycles. The van der Waals surface area contributed by atoms with Crippen molar-refractivity contribution in [2.75, 3.05) is 7.11 Å². The maximum absolute atomic E-state index is 5.37. The van der Waals surface area contributed by atoms with Gasteiger partial charge in [0.1, 0.15) is 5.75 Å². The lowest BCUT2D eigenvalue weighted by Crippen LogP contribution is -2.26. The normalized spacial score (nSPS) is 12.1. The molecule has 2 aromatic carbocycles. The molecule has 0 aliphatic rings. The van der Waals surface area contributed by atoms with Gasteiger partial charge in [-0.3, -0.25) is 0 Å². The second-order valence-corrected chi connectivity index (χ2v) is 5.12. The quantitative estimate of drug-likeness (QED) is 0.825. The SMILES string of the molecule is COc1ccccc1CN[C@H](C)CCc1ccccc1. The first-order valence-corrected chi connectivity index (χ1v) is 7.19. The van der Waals surface area contributed by atoms with Crippen LogP contribution in [-0.4, -0.2) is 13.2 Å². The summed E-state index contributed by atoms with van der Waals surface area (Å²) in [6, 6.07) is 19.3. The third-order valence-electron chi connectivity index (χ3n) is 3.54. The van der Waals surface area contributed by atoms with Crippen LogP contribution >= 0.6 is 0 Å². The van der Waals surface area contributed by atoms with E-state index in [4.69, 9.17) is 4.74 Å². The van der Waals surface area contributed by atoms with Crippen molar-refractivity contribution < 1.29 is 4.74 Å².